The lowest BCUT2D eigenvalue weighted by Crippen LogP contribution is -1.87. The van der Waals surface area contributed by atoms with Gasteiger partial charge in [0.1, 0.15) is 0 Å². The molecular weight excluding hydrogens is 172 g/mol. The first-order valence-electron chi connectivity index (χ1n) is 4.85. The van der Waals surface area contributed by atoms with Crippen molar-refractivity contribution < 1.29 is 4.74 Å². The van der Waals surface area contributed by atoms with Gasteiger partial charge in [-0.15, -0.1) is 0 Å². The molecule has 0 aliphatic rings. The third kappa shape index (κ3) is 3.94. The molecule has 0 fully saturated rings. The summed E-state index contributed by atoms with van der Waals surface area (Å²) in [6.45, 7) is 6.46. The van der Waals surface area contributed by atoms with Crippen molar-refractivity contribution in [1.82, 2.24) is 0 Å². The minimum absolute atomic E-state index is 0.692. The molecule has 1 rings (SSSR count). The smallest absolute Gasteiger partial charge is 0.0925 e. The van der Waals surface area contributed by atoms with E-state index in [1.165, 1.54) is 5.56 Å². The van der Waals surface area contributed by atoms with E-state index in [1.807, 2.05) is 25.1 Å². The van der Waals surface area contributed by atoms with Gasteiger partial charge in [0, 0.05) is 6.42 Å². The first kappa shape index (κ1) is 10.6. The molecule has 0 saturated heterocycles. The van der Waals surface area contributed by atoms with Crippen LogP contribution in [-0.2, 0) is 4.74 Å². The van der Waals surface area contributed by atoms with Crippen LogP contribution in [0.3, 0.4) is 0 Å². The summed E-state index contributed by atoms with van der Waals surface area (Å²) in [5.74, 6) is 0.819. The maximum absolute atomic E-state index is 5.23. The summed E-state index contributed by atoms with van der Waals surface area (Å²) < 4.78 is 5.23. The van der Waals surface area contributed by atoms with E-state index in [1.54, 1.807) is 0 Å². The fourth-order valence-corrected chi connectivity index (χ4v) is 1.15. The van der Waals surface area contributed by atoms with E-state index in [0.717, 1.165) is 12.2 Å². The minimum atomic E-state index is 0.692. The van der Waals surface area contributed by atoms with Gasteiger partial charge in [-0.25, -0.2) is 0 Å². The largest absolute Gasteiger partial charge is 0.499 e. The highest BCUT2D eigenvalue weighted by atomic mass is 16.5. The maximum Gasteiger partial charge on any atom is 0.0925 e. The molecule has 0 bridgehead atoms. The second-order valence-corrected chi connectivity index (χ2v) is 2.99. The lowest BCUT2D eigenvalue weighted by molar-refractivity contribution is 0.226. The van der Waals surface area contributed by atoms with Crippen LogP contribution in [0, 0.1) is 0 Å². The normalized spacial score (nSPS) is 10.4. The molecule has 0 atom stereocenters. The molecule has 0 aromatic heterocycles. The van der Waals surface area contributed by atoms with Gasteiger partial charge in [0.2, 0.25) is 0 Å². The molecule has 1 aromatic carbocycles. The van der Waals surface area contributed by atoms with E-state index < -0.39 is 0 Å². The molecule has 14 heavy (non-hydrogen) atoms. The molecule has 0 saturated carbocycles. The zero-order valence-corrected chi connectivity index (χ0v) is 8.57. The highest BCUT2D eigenvalue weighted by molar-refractivity contribution is 5.48. The Morgan fingerprint density at radius 2 is 2.07 bits per heavy atom. The van der Waals surface area contributed by atoms with Crippen molar-refractivity contribution in [1.29, 1.82) is 0 Å². The van der Waals surface area contributed by atoms with Gasteiger partial charge in [0.15, 0.2) is 0 Å². The van der Waals surface area contributed by atoms with Crippen LogP contribution in [0.5, 0.6) is 0 Å². The first-order chi connectivity index (χ1) is 6.83. The van der Waals surface area contributed by atoms with E-state index in [2.05, 4.69) is 30.9 Å². The summed E-state index contributed by atoms with van der Waals surface area (Å²) >= 11 is 0. The summed E-state index contributed by atoms with van der Waals surface area (Å²) in [6.07, 6.45) is 4.92. The Morgan fingerprint density at radius 1 is 1.36 bits per heavy atom. The molecule has 1 nitrogen and oxygen atoms in total. The number of ether oxygens (including phenoxy) is 1. The minimum Gasteiger partial charge on any atom is -0.499 e. The van der Waals surface area contributed by atoms with Crippen LogP contribution in [0.15, 0.2) is 48.7 Å². The van der Waals surface area contributed by atoms with Gasteiger partial charge < -0.3 is 4.74 Å². The van der Waals surface area contributed by atoms with Crippen molar-refractivity contribution in [2.75, 3.05) is 6.61 Å². The van der Waals surface area contributed by atoms with Crippen LogP contribution in [-0.4, -0.2) is 6.61 Å². The quantitative estimate of drug-likeness (QED) is 0.641. The number of hydrogen-bond donors (Lipinski definition) is 0. The van der Waals surface area contributed by atoms with E-state index in [-0.39, 0.29) is 0 Å². The van der Waals surface area contributed by atoms with Gasteiger partial charge in [0.25, 0.3) is 0 Å². The monoisotopic (exact) mass is 188 g/mol. The Kier molecular flexibility index (Phi) is 4.56. The molecular formula is C13H16O. The predicted molar refractivity (Wildman–Crippen MR) is 60.9 cm³/mol. The van der Waals surface area contributed by atoms with E-state index in [0.29, 0.717) is 6.61 Å². The molecule has 0 heterocycles. The van der Waals surface area contributed by atoms with Crippen molar-refractivity contribution in [3.05, 3.63) is 54.3 Å². The fourth-order valence-electron chi connectivity index (χ4n) is 1.15. The Morgan fingerprint density at radius 3 is 2.71 bits per heavy atom. The highest BCUT2D eigenvalue weighted by Gasteiger charge is 1.88. The van der Waals surface area contributed by atoms with Crippen LogP contribution in [0.25, 0.3) is 6.08 Å². The standard InChI is InChI=1S/C13H16O/c1-3-14-12(2)8-7-11-13-9-5-4-6-10-13/h4-7,9-11H,2-3,8H2,1H3/b11-7+. The highest BCUT2D eigenvalue weighted by Crippen LogP contribution is 2.05. The van der Waals surface area contributed by atoms with Gasteiger partial charge in [0.05, 0.1) is 12.4 Å². The van der Waals surface area contributed by atoms with E-state index in [9.17, 15) is 0 Å². The second kappa shape index (κ2) is 6.03. The van der Waals surface area contributed by atoms with Crippen LogP contribution in [0.1, 0.15) is 18.9 Å². The van der Waals surface area contributed by atoms with Crippen molar-refractivity contribution in [3.8, 4) is 0 Å². The van der Waals surface area contributed by atoms with E-state index >= 15 is 0 Å². The second-order valence-electron chi connectivity index (χ2n) is 2.99. The van der Waals surface area contributed by atoms with Gasteiger partial charge >= 0.3 is 0 Å². The predicted octanol–water partition coefficient (Wildman–Crippen LogP) is 3.64. The summed E-state index contributed by atoms with van der Waals surface area (Å²) in [6, 6.07) is 10.2. The molecule has 0 spiro atoms. The molecule has 0 unspecified atom stereocenters. The third-order valence-corrected chi connectivity index (χ3v) is 1.80. The van der Waals surface area contributed by atoms with Gasteiger partial charge in [-0.3, -0.25) is 0 Å². The molecule has 0 aliphatic carbocycles. The average molecular weight is 188 g/mol. The Bertz CT molecular complexity index is 298. The number of benzene rings is 1. The number of hydrogen-bond acceptors (Lipinski definition) is 1. The summed E-state index contributed by atoms with van der Waals surface area (Å²) in [5.41, 5.74) is 1.21. The summed E-state index contributed by atoms with van der Waals surface area (Å²) in [5, 5.41) is 0. The van der Waals surface area contributed by atoms with Gasteiger partial charge in [-0.1, -0.05) is 49.1 Å². The molecule has 0 amide bonds. The van der Waals surface area contributed by atoms with Crippen molar-refractivity contribution in [2.45, 2.75) is 13.3 Å². The molecule has 0 N–H and O–H groups in total. The maximum atomic E-state index is 5.23. The lowest BCUT2D eigenvalue weighted by Gasteiger charge is -2.02. The summed E-state index contributed by atoms with van der Waals surface area (Å²) in [7, 11) is 0. The lowest BCUT2D eigenvalue weighted by atomic mass is 10.2. The number of rotatable bonds is 5. The zero-order valence-electron chi connectivity index (χ0n) is 8.57. The zero-order chi connectivity index (χ0) is 10.2. The molecule has 0 radical (unpaired) electrons. The van der Waals surface area contributed by atoms with Gasteiger partial charge in [-0.2, -0.15) is 0 Å². The first-order valence-corrected chi connectivity index (χ1v) is 4.85. The molecule has 74 valence electrons. The summed E-state index contributed by atoms with van der Waals surface area (Å²) in [4.78, 5) is 0. The topological polar surface area (TPSA) is 9.23 Å². The van der Waals surface area contributed by atoms with E-state index in [4.69, 9.17) is 4.74 Å². The Hall–Kier alpha value is -1.50. The van der Waals surface area contributed by atoms with Crippen LogP contribution >= 0.6 is 0 Å². The third-order valence-electron chi connectivity index (χ3n) is 1.80. The SMILES string of the molecule is C=C(C/C=C/c1ccccc1)OCC. The molecule has 0 aliphatic heterocycles. The van der Waals surface area contributed by atoms with Crippen LogP contribution in [0.4, 0.5) is 0 Å². The Labute approximate surface area is 85.7 Å². The van der Waals surface area contributed by atoms with Crippen molar-refractivity contribution >= 4 is 6.08 Å². The van der Waals surface area contributed by atoms with Crippen molar-refractivity contribution in [3.63, 3.8) is 0 Å². The number of allylic oxidation sites excluding steroid dienone is 1. The van der Waals surface area contributed by atoms with Crippen LogP contribution in [0.2, 0.25) is 0 Å². The average Bonchev–Trinajstić information content (AvgIpc) is 2.20. The van der Waals surface area contributed by atoms with Crippen molar-refractivity contribution in [2.24, 2.45) is 0 Å². The fraction of sp³-hybridized carbons (Fsp3) is 0.231. The van der Waals surface area contributed by atoms with Gasteiger partial charge in [-0.05, 0) is 12.5 Å². The molecule has 1 aromatic rings. The Balaban J connectivity index is 2.38. The molecule has 1 heteroatoms. The van der Waals surface area contributed by atoms with Crippen LogP contribution < -0.4 is 0 Å².